The summed E-state index contributed by atoms with van der Waals surface area (Å²) in [4.78, 5) is 72.8. The van der Waals surface area contributed by atoms with Crippen LogP contribution in [0, 0.1) is 23.7 Å². The maximum absolute atomic E-state index is 13.1. The van der Waals surface area contributed by atoms with Gasteiger partial charge in [-0.2, -0.15) is 0 Å². The minimum atomic E-state index is -4.96. The first-order chi connectivity index (χ1) is 46.6. The second-order valence-electron chi connectivity index (χ2n) is 29.8. The lowest BCUT2D eigenvalue weighted by atomic mass is 9.99. The summed E-state index contributed by atoms with van der Waals surface area (Å²) in [5, 5.41) is 10.6. The number of phosphoric acid groups is 2. The van der Waals surface area contributed by atoms with Crippen LogP contribution in [0.5, 0.6) is 0 Å². The molecular weight excluding hydrogens is 1270 g/mol. The Kier molecular flexibility index (Phi) is 65.9. The molecule has 17 nitrogen and oxygen atoms in total. The topological polar surface area (TPSA) is 237 Å². The third-order valence-electron chi connectivity index (χ3n) is 18.4. The van der Waals surface area contributed by atoms with Gasteiger partial charge in [0, 0.05) is 25.7 Å². The Hall–Kier alpha value is -1.94. The number of phosphoric ester groups is 2. The fraction of sp³-hybridized carbons (Fsp3) is 0.949. The van der Waals surface area contributed by atoms with E-state index in [1.165, 1.54) is 193 Å². The fourth-order valence-electron chi connectivity index (χ4n) is 11.9. The molecule has 97 heavy (non-hydrogen) atoms. The van der Waals surface area contributed by atoms with Gasteiger partial charge in [-0.25, -0.2) is 9.13 Å². The van der Waals surface area contributed by atoms with Gasteiger partial charge in [-0.3, -0.25) is 37.3 Å². The zero-order valence-electron chi connectivity index (χ0n) is 63.7. The molecule has 0 aromatic carbocycles. The lowest BCUT2D eigenvalue weighted by Gasteiger charge is -2.21. The fourth-order valence-corrected chi connectivity index (χ4v) is 13.5. The highest BCUT2D eigenvalue weighted by Gasteiger charge is 2.30. The van der Waals surface area contributed by atoms with Crippen molar-refractivity contribution in [1.82, 2.24) is 0 Å². The van der Waals surface area contributed by atoms with E-state index in [0.717, 1.165) is 108 Å². The number of hydrogen-bond donors (Lipinski definition) is 3. The zero-order valence-corrected chi connectivity index (χ0v) is 65.5. The Morgan fingerprint density at radius 3 is 0.732 bits per heavy atom. The van der Waals surface area contributed by atoms with Crippen LogP contribution in [0.2, 0.25) is 0 Å². The molecule has 0 aliphatic rings. The molecule has 3 N–H and O–H groups in total. The highest BCUT2D eigenvalue weighted by Crippen LogP contribution is 2.45. The largest absolute Gasteiger partial charge is 0.472 e. The third kappa shape index (κ3) is 70.9. The van der Waals surface area contributed by atoms with E-state index in [1.54, 1.807) is 0 Å². The molecule has 0 aliphatic heterocycles. The molecular formula is C78H152O17P2. The lowest BCUT2D eigenvalue weighted by Crippen LogP contribution is -2.30. The first-order valence-corrected chi connectivity index (χ1v) is 43.2. The van der Waals surface area contributed by atoms with E-state index < -0.39 is 97.5 Å². The monoisotopic (exact) mass is 1420 g/mol. The summed E-state index contributed by atoms with van der Waals surface area (Å²) in [5.41, 5.74) is 0. The predicted molar refractivity (Wildman–Crippen MR) is 395 cm³/mol. The lowest BCUT2D eigenvalue weighted by molar-refractivity contribution is -0.161. The van der Waals surface area contributed by atoms with Gasteiger partial charge in [0.05, 0.1) is 26.4 Å². The number of unbranched alkanes of at least 4 members (excludes halogenated alkanes) is 40. The van der Waals surface area contributed by atoms with Gasteiger partial charge in [0.1, 0.15) is 19.3 Å². The molecule has 4 unspecified atom stereocenters. The van der Waals surface area contributed by atoms with Crippen LogP contribution in [-0.4, -0.2) is 96.7 Å². The second kappa shape index (κ2) is 67.2. The number of ether oxygens (including phenoxy) is 4. The zero-order chi connectivity index (χ0) is 71.7. The molecule has 0 aliphatic carbocycles. The van der Waals surface area contributed by atoms with Crippen molar-refractivity contribution in [3.05, 3.63) is 0 Å². The second-order valence-corrected chi connectivity index (χ2v) is 32.7. The van der Waals surface area contributed by atoms with Crippen molar-refractivity contribution in [1.29, 1.82) is 0 Å². The summed E-state index contributed by atoms with van der Waals surface area (Å²) < 4.78 is 68.5. The normalized spacial score (nSPS) is 14.4. The summed E-state index contributed by atoms with van der Waals surface area (Å²) in [6.45, 7) is 14.2. The quantitative estimate of drug-likeness (QED) is 0.0222. The van der Waals surface area contributed by atoms with E-state index in [4.69, 9.17) is 37.0 Å². The Morgan fingerprint density at radius 2 is 0.495 bits per heavy atom. The summed E-state index contributed by atoms with van der Waals surface area (Å²) in [5.74, 6) is 0.928. The smallest absolute Gasteiger partial charge is 0.462 e. The van der Waals surface area contributed by atoms with Gasteiger partial charge >= 0.3 is 39.5 Å². The number of hydrogen-bond acceptors (Lipinski definition) is 15. The number of esters is 4. The van der Waals surface area contributed by atoms with Crippen LogP contribution in [0.15, 0.2) is 0 Å². The first-order valence-electron chi connectivity index (χ1n) is 40.2. The molecule has 0 spiro atoms. The van der Waals surface area contributed by atoms with Crippen LogP contribution >= 0.6 is 15.6 Å². The number of carbonyl (C=O) groups is 4. The molecule has 0 fully saturated rings. The summed E-state index contributed by atoms with van der Waals surface area (Å²) in [7, 11) is -9.91. The predicted octanol–water partition coefficient (Wildman–Crippen LogP) is 22.8. The summed E-state index contributed by atoms with van der Waals surface area (Å²) in [6, 6.07) is 0. The standard InChI is InChI=1S/C78H152O17P2/c1-9-71(8)57-49-41-33-25-21-16-14-12-10-11-13-15-17-22-26-34-42-50-58-75(80)88-64-74(95-78(83)61-53-45-37-29-32-40-48-56-70(6)7)67-93-97(86,87)91-63-72(79)62-90-96(84,85)92-66-73(65-89-76(81)59-51-43-36-28-31-39-47-55-69(4)5)94-77(82)60-52-44-35-27-23-19-18-20-24-30-38-46-54-68(2)3/h68-74,79H,9-67H2,1-8H3,(H,84,85)(H,86,87)/t71?,72?,73-,74-/m1/s1. The van der Waals surface area contributed by atoms with Crippen LogP contribution < -0.4 is 0 Å². The van der Waals surface area contributed by atoms with Gasteiger partial charge in [-0.1, -0.05) is 344 Å². The molecule has 19 heteroatoms. The summed E-state index contributed by atoms with van der Waals surface area (Å²) >= 11 is 0. The Bertz CT molecular complexity index is 1900. The van der Waals surface area contributed by atoms with Crippen molar-refractivity contribution in [2.45, 2.75) is 414 Å². The SMILES string of the molecule is CCC(C)CCCCCCCCCCCCCCCCCCCCC(=O)OC[C@H](COP(=O)(O)OCC(O)COP(=O)(O)OC[C@@H](COC(=O)CCCCCCCCCC(C)C)OC(=O)CCCCCCCCCCCCCCC(C)C)OC(=O)CCCCCCCCCC(C)C. The van der Waals surface area contributed by atoms with Crippen LogP contribution in [0.25, 0.3) is 0 Å². The molecule has 6 atom stereocenters. The summed E-state index contributed by atoms with van der Waals surface area (Å²) in [6.07, 6.45) is 53.0. The average Bonchev–Trinajstić information content (AvgIpc) is 1.58. The van der Waals surface area contributed by atoms with Crippen molar-refractivity contribution in [3.63, 3.8) is 0 Å². The molecule has 0 amide bonds. The molecule has 0 aromatic heterocycles. The molecule has 0 rings (SSSR count). The maximum Gasteiger partial charge on any atom is 0.472 e. The number of aliphatic hydroxyl groups excluding tert-OH is 1. The van der Waals surface area contributed by atoms with Crippen LogP contribution in [0.1, 0.15) is 396 Å². The average molecular weight is 1420 g/mol. The van der Waals surface area contributed by atoms with Gasteiger partial charge in [0.15, 0.2) is 12.2 Å². The highest BCUT2D eigenvalue weighted by atomic mass is 31.2. The van der Waals surface area contributed by atoms with Gasteiger partial charge < -0.3 is 33.8 Å². The van der Waals surface area contributed by atoms with Gasteiger partial charge in [-0.15, -0.1) is 0 Å². The van der Waals surface area contributed by atoms with Crippen molar-refractivity contribution in [2.75, 3.05) is 39.6 Å². The highest BCUT2D eigenvalue weighted by molar-refractivity contribution is 7.47. The molecule has 0 aromatic rings. The van der Waals surface area contributed by atoms with E-state index in [-0.39, 0.29) is 25.7 Å². The van der Waals surface area contributed by atoms with Crippen molar-refractivity contribution >= 4 is 39.5 Å². The van der Waals surface area contributed by atoms with E-state index in [2.05, 4.69) is 55.4 Å². The van der Waals surface area contributed by atoms with Crippen LogP contribution in [0.3, 0.4) is 0 Å². The minimum absolute atomic E-state index is 0.104. The molecule has 576 valence electrons. The Morgan fingerprint density at radius 1 is 0.289 bits per heavy atom. The van der Waals surface area contributed by atoms with E-state index >= 15 is 0 Å². The molecule has 0 saturated carbocycles. The molecule has 0 saturated heterocycles. The van der Waals surface area contributed by atoms with E-state index in [1.807, 2.05) is 0 Å². The van der Waals surface area contributed by atoms with Crippen LogP contribution in [0.4, 0.5) is 0 Å². The van der Waals surface area contributed by atoms with Crippen LogP contribution in [-0.2, 0) is 65.4 Å². The van der Waals surface area contributed by atoms with E-state index in [9.17, 15) is 43.2 Å². The molecule has 0 heterocycles. The Labute approximate surface area is 594 Å². The van der Waals surface area contributed by atoms with Gasteiger partial charge in [-0.05, 0) is 49.4 Å². The van der Waals surface area contributed by atoms with Crippen molar-refractivity contribution < 1.29 is 80.2 Å². The third-order valence-corrected chi connectivity index (χ3v) is 20.3. The number of aliphatic hydroxyl groups is 1. The molecule has 0 radical (unpaired) electrons. The number of carbonyl (C=O) groups excluding carboxylic acids is 4. The Balaban J connectivity index is 5.13. The van der Waals surface area contributed by atoms with Crippen molar-refractivity contribution in [2.24, 2.45) is 23.7 Å². The van der Waals surface area contributed by atoms with Gasteiger partial charge in [0.2, 0.25) is 0 Å². The van der Waals surface area contributed by atoms with Crippen molar-refractivity contribution in [3.8, 4) is 0 Å². The molecule has 0 bridgehead atoms. The van der Waals surface area contributed by atoms with E-state index in [0.29, 0.717) is 37.5 Å². The maximum atomic E-state index is 13.1. The van der Waals surface area contributed by atoms with Gasteiger partial charge in [0.25, 0.3) is 0 Å². The minimum Gasteiger partial charge on any atom is -0.462 e. The number of rotatable bonds is 75. The first kappa shape index (κ1) is 95.1.